The lowest BCUT2D eigenvalue weighted by Crippen LogP contribution is -2.27. The van der Waals surface area contributed by atoms with Crippen LogP contribution in [0.4, 0.5) is 0 Å². The average molecular weight is 194 g/mol. The van der Waals surface area contributed by atoms with Gasteiger partial charge in [-0.05, 0) is 5.56 Å². The van der Waals surface area contributed by atoms with Crippen molar-refractivity contribution < 1.29 is 4.79 Å². The molecule has 1 rings (SSSR count). The number of H-pyrrole nitrogens is 1. The van der Waals surface area contributed by atoms with Gasteiger partial charge in [0.25, 0.3) is 0 Å². The zero-order valence-corrected chi connectivity index (χ0v) is 8.33. The van der Waals surface area contributed by atoms with Crippen LogP contribution in [0.25, 0.3) is 0 Å². The molecule has 0 bridgehead atoms. The van der Waals surface area contributed by atoms with E-state index in [0.717, 1.165) is 5.56 Å². The Hall–Kier alpha value is -1.58. The summed E-state index contributed by atoms with van der Waals surface area (Å²) in [5.41, 5.74) is 0.752. The molecule has 0 saturated heterocycles. The molecule has 0 unspecified atom stereocenters. The molecule has 1 aromatic heterocycles. The fourth-order valence-electron chi connectivity index (χ4n) is 0.946. The minimum absolute atomic E-state index is 0.0104. The van der Waals surface area contributed by atoms with E-state index in [-0.39, 0.29) is 17.4 Å². The lowest BCUT2D eigenvalue weighted by Gasteiger charge is -2.06. The Morgan fingerprint density at radius 3 is 2.71 bits per heavy atom. The van der Waals surface area contributed by atoms with Crippen LogP contribution in [0.15, 0.2) is 23.1 Å². The highest BCUT2D eigenvalue weighted by Gasteiger charge is 2.05. The predicted octanol–water partition coefficient (Wildman–Crippen LogP) is 0.647. The Morgan fingerprint density at radius 2 is 2.21 bits per heavy atom. The summed E-state index contributed by atoms with van der Waals surface area (Å²) >= 11 is 0. The highest BCUT2D eigenvalue weighted by atomic mass is 16.1. The van der Waals surface area contributed by atoms with E-state index in [0.29, 0.717) is 6.54 Å². The topological polar surface area (TPSA) is 62.0 Å². The Morgan fingerprint density at radius 1 is 1.50 bits per heavy atom. The Kier molecular flexibility index (Phi) is 3.45. The molecular formula is C10H14N2O2. The summed E-state index contributed by atoms with van der Waals surface area (Å²) in [7, 11) is 0. The van der Waals surface area contributed by atoms with Crippen molar-refractivity contribution in [3.05, 3.63) is 34.2 Å². The second-order valence-electron chi connectivity index (χ2n) is 3.43. The molecule has 0 aliphatic heterocycles. The molecule has 1 heterocycles. The van der Waals surface area contributed by atoms with E-state index in [1.807, 2.05) is 13.8 Å². The van der Waals surface area contributed by atoms with Crippen molar-refractivity contribution in [2.75, 3.05) is 0 Å². The number of carbonyl (C=O) groups excluding carboxylic acids is 1. The van der Waals surface area contributed by atoms with E-state index >= 15 is 0 Å². The van der Waals surface area contributed by atoms with Crippen LogP contribution in [0.1, 0.15) is 19.4 Å². The maximum atomic E-state index is 11.2. The summed E-state index contributed by atoms with van der Waals surface area (Å²) in [6.07, 6.45) is 1.60. The van der Waals surface area contributed by atoms with Crippen molar-refractivity contribution in [1.82, 2.24) is 10.3 Å². The van der Waals surface area contributed by atoms with Crippen molar-refractivity contribution >= 4 is 5.91 Å². The van der Waals surface area contributed by atoms with Crippen LogP contribution in [-0.4, -0.2) is 10.9 Å². The Labute approximate surface area is 82.3 Å². The van der Waals surface area contributed by atoms with Crippen molar-refractivity contribution in [3.8, 4) is 0 Å². The first kappa shape index (κ1) is 10.5. The SMILES string of the molecule is CC(C)C(=O)NCc1ccc(=O)[nH]c1. The molecule has 0 fully saturated rings. The van der Waals surface area contributed by atoms with Gasteiger partial charge in [0.2, 0.25) is 11.5 Å². The van der Waals surface area contributed by atoms with Crippen molar-refractivity contribution in [2.45, 2.75) is 20.4 Å². The van der Waals surface area contributed by atoms with E-state index in [1.54, 1.807) is 12.3 Å². The largest absolute Gasteiger partial charge is 0.352 e. The van der Waals surface area contributed by atoms with Gasteiger partial charge in [0.15, 0.2) is 0 Å². The van der Waals surface area contributed by atoms with Crippen LogP contribution in [0.3, 0.4) is 0 Å². The normalized spacial score (nSPS) is 10.2. The molecule has 76 valence electrons. The summed E-state index contributed by atoms with van der Waals surface area (Å²) < 4.78 is 0. The van der Waals surface area contributed by atoms with E-state index in [4.69, 9.17) is 0 Å². The van der Waals surface area contributed by atoms with Gasteiger partial charge in [0, 0.05) is 24.7 Å². The molecule has 14 heavy (non-hydrogen) atoms. The second-order valence-corrected chi connectivity index (χ2v) is 3.43. The summed E-state index contributed by atoms with van der Waals surface area (Å²) in [5.74, 6) is -0.00559. The molecule has 4 nitrogen and oxygen atoms in total. The maximum Gasteiger partial charge on any atom is 0.247 e. The van der Waals surface area contributed by atoms with E-state index in [1.165, 1.54) is 6.07 Å². The Bertz CT molecular complexity index is 348. The summed E-state index contributed by atoms with van der Waals surface area (Å²) in [4.78, 5) is 24.5. The average Bonchev–Trinajstić information content (AvgIpc) is 2.16. The van der Waals surface area contributed by atoms with Crippen molar-refractivity contribution in [2.24, 2.45) is 5.92 Å². The van der Waals surface area contributed by atoms with Crippen LogP contribution < -0.4 is 10.9 Å². The molecule has 0 radical (unpaired) electrons. The minimum Gasteiger partial charge on any atom is -0.352 e. The van der Waals surface area contributed by atoms with Gasteiger partial charge in [-0.3, -0.25) is 9.59 Å². The van der Waals surface area contributed by atoms with Gasteiger partial charge in [-0.15, -0.1) is 0 Å². The first-order valence-corrected chi connectivity index (χ1v) is 4.55. The third-order valence-electron chi connectivity index (χ3n) is 1.84. The zero-order valence-electron chi connectivity index (χ0n) is 8.33. The first-order valence-electron chi connectivity index (χ1n) is 4.55. The lowest BCUT2D eigenvalue weighted by atomic mass is 10.2. The quantitative estimate of drug-likeness (QED) is 0.742. The first-order chi connectivity index (χ1) is 6.59. The second kappa shape index (κ2) is 4.60. The number of nitrogens with one attached hydrogen (secondary N) is 2. The molecule has 0 saturated carbocycles. The number of amides is 1. The third kappa shape index (κ3) is 3.05. The highest BCUT2D eigenvalue weighted by Crippen LogP contribution is 1.95. The fourth-order valence-corrected chi connectivity index (χ4v) is 0.946. The monoisotopic (exact) mass is 194 g/mol. The van der Waals surface area contributed by atoms with Crippen LogP contribution in [-0.2, 0) is 11.3 Å². The molecule has 1 amide bonds. The molecule has 0 atom stereocenters. The molecule has 0 spiro atoms. The van der Waals surface area contributed by atoms with Gasteiger partial charge in [-0.1, -0.05) is 19.9 Å². The number of hydrogen-bond acceptors (Lipinski definition) is 2. The van der Waals surface area contributed by atoms with Gasteiger partial charge in [-0.2, -0.15) is 0 Å². The zero-order chi connectivity index (χ0) is 10.6. The molecule has 0 aromatic carbocycles. The minimum atomic E-state index is -0.135. The van der Waals surface area contributed by atoms with Crippen LogP contribution in [0, 0.1) is 5.92 Å². The Balaban J connectivity index is 2.50. The van der Waals surface area contributed by atoms with Gasteiger partial charge < -0.3 is 10.3 Å². The predicted molar refractivity (Wildman–Crippen MR) is 53.7 cm³/mol. The summed E-state index contributed by atoms with van der Waals surface area (Å²) in [6, 6.07) is 3.14. The number of hydrogen-bond donors (Lipinski definition) is 2. The highest BCUT2D eigenvalue weighted by molar-refractivity contribution is 5.77. The van der Waals surface area contributed by atoms with Crippen LogP contribution in [0.2, 0.25) is 0 Å². The van der Waals surface area contributed by atoms with Crippen molar-refractivity contribution in [3.63, 3.8) is 0 Å². The van der Waals surface area contributed by atoms with E-state index in [2.05, 4.69) is 10.3 Å². The maximum absolute atomic E-state index is 11.2. The number of pyridine rings is 1. The van der Waals surface area contributed by atoms with Gasteiger partial charge in [-0.25, -0.2) is 0 Å². The van der Waals surface area contributed by atoms with Crippen molar-refractivity contribution in [1.29, 1.82) is 0 Å². The number of carbonyl (C=O) groups is 1. The third-order valence-corrected chi connectivity index (χ3v) is 1.84. The smallest absolute Gasteiger partial charge is 0.247 e. The molecule has 4 heteroatoms. The number of aromatic amines is 1. The summed E-state index contributed by atoms with van der Waals surface area (Å²) in [6.45, 7) is 4.12. The molecule has 1 aromatic rings. The lowest BCUT2D eigenvalue weighted by molar-refractivity contribution is -0.124. The molecule has 0 aliphatic carbocycles. The fraction of sp³-hybridized carbons (Fsp3) is 0.400. The molecule has 0 aliphatic rings. The standard InChI is InChI=1S/C10H14N2O2/c1-7(2)10(14)12-6-8-3-4-9(13)11-5-8/h3-5,7H,6H2,1-2H3,(H,11,13)(H,12,14). The van der Waals surface area contributed by atoms with Crippen LogP contribution >= 0.6 is 0 Å². The van der Waals surface area contributed by atoms with Gasteiger partial charge in [0.1, 0.15) is 0 Å². The number of aromatic nitrogens is 1. The van der Waals surface area contributed by atoms with E-state index in [9.17, 15) is 9.59 Å². The van der Waals surface area contributed by atoms with E-state index < -0.39 is 0 Å². The molecular weight excluding hydrogens is 180 g/mol. The number of rotatable bonds is 3. The summed E-state index contributed by atoms with van der Waals surface area (Å²) in [5, 5.41) is 2.76. The van der Waals surface area contributed by atoms with Gasteiger partial charge >= 0.3 is 0 Å². The van der Waals surface area contributed by atoms with Crippen LogP contribution in [0.5, 0.6) is 0 Å². The van der Waals surface area contributed by atoms with Gasteiger partial charge in [0.05, 0.1) is 0 Å². The molecule has 2 N–H and O–H groups in total.